The Balaban J connectivity index is 1.45. The highest BCUT2D eigenvalue weighted by Gasteiger charge is 2.36. The van der Waals surface area contributed by atoms with E-state index in [4.69, 9.17) is 9.47 Å². The number of ether oxygens (including phenoxy) is 2. The van der Waals surface area contributed by atoms with Crippen LogP contribution in [0.1, 0.15) is 89.2 Å². The summed E-state index contributed by atoms with van der Waals surface area (Å²) in [5.41, 5.74) is 10.9. The van der Waals surface area contributed by atoms with Gasteiger partial charge in [-0.25, -0.2) is 9.37 Å². The van der Waals surface area contributed by atoms with Crippen LogP contribution in [0.5, 0.6) is 11.5 Å². The zero-order valence-electron chi connectivity index (χ0n) is 24.2. The molecule has 0 radical (unpaired) electrons. The van der Waals surface area contributed by atoms with Crippen LogP contribution in [-0.2, 0) is 30.4 Å². The fraction of sp³-hybridized carbons (Fsp3) is 0.444. The highest BCUT2D eigenvalue weighted by Crippen LogP contribution is 2.48. The average Bonchev–Trinajstić information content (AvgIpc) is 3.01. The zero-order chi connectivity index (χ0) is 27.5. The fourth-order valence-electron chi connectivity index (χ4n) is 8.07. The van der Waals surface area contributed by atoms with Crippen molar-refractivity contribution >= 4 is 17.2 Å². The van der Waals surface area contributed by atoms with E-state index in [9.17, 15) is 4.79 Å². The van der Waals surface area contributed by atoms with Gasteiger partial charge in [-0.3, -0.25) is 0 Å². The van der Waals surface area contributed by atoms with Crippen LogP contribution in [0, 0.1) is 0 Å². The van der Waals surface area contributed by atoms with Gasteiger partial charge >= 0.3 is 5.97 Å². The largest absolute Gasteiger partial charge is 0.462 e. The van der Waals surface area contributed by atoms with Crippen LogP contribution in [-0.4, -0.2) is 38.8 Å². The molecule has 0 fully saturated rings. The normalized spacial score (nSPS) is 18.1. The summed E-state index contributed by atoms with van der Waals surface area (Å²) in [4.78, 5) is 16.1. The third-order valence-electron chi connectivity index (χ3n) is 9.84. The summed E-state index contributed by atoms with van der Waals surface area (Å²) < 4.78 is 15.5. The maximum atomic E-state index is 13.5. The molecule has 0 spiro atoms. The number of fused-ring (bicyclic) bond motifs is 4. The molecule has 0 saturated heterocycles. The summed E-state index contributed by atoms with van der Waals surface area (Å²) in [5, 5.41) is 2.57. The van der Waals surface area contributed by atoms with Gasteiger partial charge in [-0.1, -0.05) is 31.5 Å². The molecule has 5 aliphatic rings. The molecule has 0 amide bonds. The van der Waals surface area contributed by atoms with E-state index in [0.29, 0.717) is 12.2 Å². The van der Waals surface area contributed by atoms with Crippen molar-refractivity contribution in [2.75, 3.05) is 37.7 Å². The van der Waals surface area contributed by atoms with Crippen molar-refractivity contribution in [3.63, 3.8) is 0 Å². The molecule has 3 aromatic rings. The predicted molar refractivity (Wildman–Crippen MR) is 162 cm³/mol. The average molecular weight is 548 g/mol. The van der Waals surface area contributed by atoms with Gasteiger partial charge in [0.25, 0.3) is 0 Å². The summed E-state index contributed by atoms with van der Waals surface area (Å²) in [6.45, 7) is 7.10. The molecule has 5 heteroatoms. The zero-order valence-corrected chi connectivity index (χ0v) is 24.2. The van der Waals surface area contributed by atoms with Crippen LogP contribution in [0.2, 0.25) is 0 Å². The minimum absolute atomic E-state index is 0.230. The van der Waals surface area contributed by atoms with E-state index in [0.717, 1.165) is 111 Å². The number of hydrogen-bond donors (Lipinski definition) is 0. The Morgan fingerprint density at radius 3 is 2.56 bits per heavy atom. The first kappa shape index (κ1) is 25.1. The molecule has 5 aliphatic heterocycles. The highest BCUT2D eigenvalue weighted by atomic mass is 16.5. The monoisotopic (exact) mass is 547 g/mol. The van der Waals surface area contributed by atoms with E-state index in [1.54, 1.807) is 0 Å². The Bertz CT molecular complexity index is 1710. The number of nitrogens with zero attached hydrogens (tertiary/aromatic N) is 2. The molecule has 5 heterocycles. The van der Waals surface area contributed by atoms with E-state index < -0.39 is 0 Å². The second kappa shape index (κ2) is 10.0. The first-order chi connectivity index (χ1) is 20.2. The van der Waals surface area contributed by atoms with Gasteiger partial charge in [0.2, 0.25) is 5.36 Å². The Kier molecular flexibility index (Phi) is 6.16. The van der Waals surface area contributed by atoms with Crippen molar-refractivity contribution < 1.29 is 14.3 Å². The van der Waals surface area contributed by atoms with Crippen LogP contribution in [0.4, 0.5) is 5.69 Å². The molecule has 3 aromatic carbocycles. The molecule has 0 N–H and O–H groups in total. The SMILES string of the molecule is CCCCOC(=O)c1ccccc1C1=c2cc3c4c(c2Oc2c1cc1c5c2CCCN5CCC1)CCC[N+]=4CCC3. The molecule has 0 bridgehead atoms. The Morgan fingerprint density at radius 1 is 0.902 bits per heavy atom. The van der Waals surface area contributed by atoms with E-state index in [-0.39, 0.29) is 5.97 Å². The number of aryl methyl sites for hydroxylation is 2. The summed E-state index contributed by atoms with van der Waals surface area (Å²) in [6.07, 6.45) is 10.8. The molecule has 5 nitrogen and oxygen atoms in total. The third kappa shape index (κ3) is 3.95. The van der Waals surface area contributed by atoms with Gasteiger partial charge in [0, 0.05) is 59.1 Å². The van der Waals surface area contributed by atoms with Gasteiger partial charge in [-0.15, -0.1) is 0 Å². The van der Waals surface area contributed by atoms with E-state index in [1.807, 2.05) is 12.1 Å². The molecule has 41 heavy (non-hydrogen) atoms. The molecule has 0 atom stereocenters. The Morgan fingerprint density at radius 2 is 1.68 bits per heavy atom. The summed E-state index contributed by atoms with van der Waals surface area (Å²) in [7, 11) is 0. The summed E-state index contributed by atoms with van der Waals surface area (Å²) in [5.74, 6) is 1.82. The molecule has 210 valence electrons. The number of rotatable bonds is 5. The number of carbonyl (C=O) groups is 1. The molecule has 8 rings (SSSR count). The number of esters is 1. The lowest BCUT2D eigenvalue weighted by molar-refractivity contribution is 0.0499. The smallest absolute Gasteiger partial charge is 0.338 e. The van der Waals surface area contributed by atoms with Gasteiger partial charge in [-0.2, -0.15) is 0 Å². The first-order valence-corrected chi connectivity index (χ1v) is 15.9. The number of benzene rings is 3. The number of carbonyl (C=O) groups excluding carboxylic acids is 1. The van der Waals surface area contributed by atoms with Gasteiger partial charge < -0.3 is 14.4 Å². The van der Waals surface area contributed by atoms with Crippen LogP contribution >= 0.6 is 0 Å². The Labute approximate surface area is 242 Å². The number of hydrogen-bond acceptors (Lipinski definition) is 4. The lowest BCUT2D eigenvalue weighted by Gasteiger charge is -2.39. The Hall–Kier alpha value is -3.60. The van der Waals surface area contributed by atoms with Crippen molar-refractivity contribution in [1.29, 1.82) is 0 Å². The number of unbranched alkanes of at least 4 members (excludes halogenated alkanes) is 1. The van der Waals surface area contributed by atoms with Crippen molar-refractivity contribution in [1.82, 2.24) is 4.58 Å². The molecule has 0 aliphatic carbocycles. The van der Waals surface area contributed by atoms with Crippen molar-refractivity contribution in [2.24, 2.45) is 0 Å². The van der Waals surface area contributed by atoms with Gasteiger partial charge in [0.05, 0.1) is 17.7 Å². The van der Waals surface area contributed by atoms with Crippen LogP contribution < -0.4 is 24.8 Å². The maximum absolute atomic E-state index is 13.5. The standard InChI is InChI=1S/C36H39N2O3/c1-2-3-20-40-36(39)26-13-5-4-12-25(26)31-29-21-23-10-6-16-37-18-8-14-27(32(23)37)34(29)41-35-28-15-9-19-38-17-7-11-24(33(28)38)22-30(31)35/h4-5,12-13,21-22H,2-3,6-11,14-20H2,1H3/q+1. The van der Waals surface area contributed by atoms with Gasteiger partial charge in [0.15, 0.2) is 0 Å². The minimum Gasteiger partial charge on any atom is -0.462 e. The molecular weight excluding hydrogens is 508 g/mol. The summed E-state index contributed by atoms with van der Waals surface area (Å²) in [6, 6.07) is 12.9. The summed E-state index contributed by atoms with van der Waals surface area (Å²) >= 11 is 0. The fourth-order valence-corrected chi connectivity index (χ4v) is 8.07. The molecule has 0 aromatic heterocycles. The van der Waals surface area contributed by atoms with Crippen LogP contribution in [0.3, 0.4) is 0 Å². The van der Waals surface area contributed by atoms with Crippen molar-refractivity contribution in [2.45, 2.75) is 71.1 Å². The molecule has 0 unspecified atom stereocenters. The quantitative estimate of drug-likeness (QED) is 0.199. The number of anilines is 1. The maximum Gasteiger partial charge on any atom is 0.338 e. The first-order valence-electron chi connectivity index (χ1n) is 15.9. The van der Waals surface area contributed by atoms with Crippen molar-refractivity contribution in [3.8, 4) is 11.5 Å². The second-order valence-electron chi connectivity index (χ2n) is 12.4. The minimum atomic E-state index is -0.230. The topological polar surface area (TPSA) is 41.8 Å². The lowest BCUT2D eigenvalue weighted by atomic mass is 9.82. The van der Waals surface area contributed by atoms with E-state index in [2.05, 4.69) is 40.7 Å². The third-order valence-corrected chi connectivity index (χ3v) is 9.84. The molecular formula is C36H39N2O3+. The molecule has 0 saturated carbocycles. The van der Waals surface area contributed by atoms with Crippen LogP contribution in [0.25, 0.3) is 5.57 Å². The predicted octanol–water partition coefficient (Wildman–Crippen LogP) is 5.08. The van der Waals surface area contributed by atoms with Gasteiger partial charge in [-0.05, 0) is 74.3 Å². The van der Waals surface area contributed by atoms with Crippen LogP contribution in [0.15, 0.2) is 36.4 Å². The van der Waals surface area contributed by atoms with Crippen molar-refractivity contribution in [3.05, 3.63) is 85.9 Å². The highest BCUT2D eigenvalue weighted by molar-refractivity contribution is 6.00. The van der Waals surface area contributed by atoms with E-state index >= 15 is 0 Å². The lowest BCUT2D eigenvalue weighted by Crippen LogP contribution is -2.45. The van der Waals surface area contributed by atoms with E-state index in [1.165, 1.54) is 46.1 Å². The second-order valence-corrected chi connectivity index (χ2v) is 12.4. The van der Waals surface area contributed by atoms with Gasteiger partial charge in [0.1, 0.15) is 24.6 Å².